The SMILES string of the molecule is CC(C)c1ccc([C@@H](O)C(F)F)cc1. The maximum Gasteiger partial charge on any atom is 0.268 e. The lowest BCUT2D eigenvalue weighted by Crippen LogP contribution is -2.07. The van der Waals surface area contributed by atoms with Crippen LogP contribution in [0.3, 0.4) is 0 Å². The Morgan fingerprint density at radius 3 is 1.79 bits per heavy atom. The van der Waals surface area contributed by atoms with Crippen LogP contribution in [0.15, 0.2) is 24.3 Å². The molecule has 14 heavy (non-hydrogen) atoms. The quantitative estimate of drug-likeness (QED) is 0.794. The van der Waals surface area contributed by atoms with Gasteiger partial charge in [-0.25, -0.2) is 8.78 Å². The number of hydrogen-bond donors (Lipinski definition) is 1. The molecule has 1 aromatic carbocycles. The zero-order valence-corrected chi connectivity index (χ0v) is 8.24. The maximum absolute atomic E-state index is 12.1. The van der Waals surface area contributed by atoms with Gasteiger partial charge in [0.1, 0.15) is 6.10 Å². The molecule has 3 heteroatoms. The van der Waals surface area contributed by atoms with Gasteiger partial charge < -0.3 is 5.11 Å². The Kier molecular flexibility index (Phi) is 3.58. The normalized spacial score (nSPS) is 13.6. The van der Waals surface area contributed by atoms with E-state index in [1.807, 2.05) is 13.8 Å². The second-order valence-corrected chi connectivity index (χ2v) is 3.60. The Morgan fingerprint density at radius 2 is 1.43 bits per heavy atom. The summed E-state index contributed by atoms with van der Waals surface area (Å²) < 4.78 is 24.2. The minimum atomic E-state index is -2.72. The van der Waals surface area contributed by atoms with Gasteiger partial charge in [0, 0.05) is 0 Å². The van der Waals surface area contributed by atoms with Crippen molar-refractivity contribution in [3.8, 4) is 0 Å². The number of aliphatic hydroxyl groups is 1. The molecule has 1 atom stereocenters. The Morgan fingerprint density at radius 1 is 1.00 bits per heavy atom. The van der Waals surface area contributed by atoms with Gasteiger partial charge in [0.2, 0.25) is 0 Å². The highest BCUT2D eigenvalue weighted by Gasteiger charge is 2.18. The molecule has 0 unspecified atom stereocenters. The molecule has 0 amide bonds. The van der Waals surface area contributed by atoms with E-state index in [0.717, 1.165) is 5.56 Å². The van der Waals surface area contributed by atoms with E-state index in [0.29, 0.717) is 5.92 Å². The molecule has 0 aliphatic heterocycles. The van der Waals surface area contributed by atoms with E-state index in [2.05, 4.69) is 0 Å². The fourth-order valence-electron chi connectivity index (χ4n) is 1.22. The van der Waals surface area contributed by atoms with Crippen LogP contribution in [0.25, 0.3) is 0 Å². The molecule has 0 heterocycles. The average Bonchev–Trinajstić information content (AvgIpc) is 2.16. The minimum Gasteiger partial charge on any atom is -0.382 e. The van der Waals surface area contributed by atoms with Gasteiger partial charge in [-0.1, -0.05) is 38.1 Å². The van der Waals surface area contributed by atoms with Crippen LogP contribution in [0, 0.1) is 0 Å². The van der Waals surface area contributed by atoms with Gasteiger partial charge in [0.05, 0.1) is 0 Å². The number of hydrogen-bond acceptors (Lipinski definition) is 1. The molecule has 0 aliphatic rings. The van der Waals surface area contributed by atoms with E-state index in [4.69, 9.17) is 5.11 Å². The molecule has 1 N–H and O–H groups in total. The van der Waals surface area contributed by atoms with E-state index in [1.165, 1.54) is 0 Å². The van der Waals surface area contributed by atoms with E-state index >= 15 is 0 Å². The summed E-state index contributed by atoms with van der Waals surface area (Å²) in [6.45, 7) is 4.05. The maximum atomic E-state index is 12.1. The summed E-state index contributed by atoms with van der Waals surface area (Å²) >= 11 is 0. The predicted molar refractivity (Wildman–Crippen MR) is 51.5 cm³/mol. The van der Waals surface area contributed by atoms with Crippen molar-refractivity contribution in [2.24, 2.45) is 0 Å². The van der Waals surface area contributed by atoms with Crippen LogP contribution in [0.2, 0.25) is 0 Å². The molecule has 1 nitrogen and oxygen atoms in total. The molecular formula is C11H14F2O. The van der Waals surface area contributed by atoms with Gasteiger partial charge in [0.15, 0.2) is 0 Å². The van der Waals surface area contributed by atoms with E-state index < -0.39 is 12.5 Å². The summed E-state index contributed by atoms with van der Waals surface area (Å²) in [7, 11) is 0. The highest BCUT2D eigenvalue weighted by Crippen LogP contribution is 2.22. The number of benzene rings is 1. The van der Waals surface area contributed by atoms with Crippen LogP contribution in [-0.2, 0) is 0 Å². The first kappa shape index (κ1) is 11.1. The van der Waals surface area contributed by atoms with Crippen LogP contribution in [0.5, 0.6) is 0 Å². The molecule has 0 saturated carbocycles. The molecule has 0 fully saturated rings. The molecule has 0 aliphatic carbocycles. The Hall–Kier alpha value is -0.960. The minimum absolute atomic E-state index is 0.268. The molecule has 1 rings (SSSR count). The summed E-state index contributed by atoms with van der Waals surface area (Å²) in [5, 5.41) is 9.08. The van der Waals surface area contributed by atoms with Gasteiger partial charge in [-0.2, -0.15) is 0 Å². The monoisotopic (exact) mass is 200 g/mol. The lowest BCUT2D eigenvalue weighted by atomic mass is 10.0. The second kappa shape index (κ2) is 4.51. The highest BCUT2D eigenvalue weighted by atomic mass is 19.3. The van der Waals surface area contributed by atoms with Crippen LogP contribution in [0.4, 0.5) is 8.78 Å². The van der Waals surface area contributed by atoms with E-state index in [1.54, 1.807) is 24.3 Å². The Labute approximate surface area is 82.4 Å². The van der Waals surface area contributed by atoms with Crippen molar-refractivity contribution in [3.05, 3.63) is 35.4 Å². The third kappa shape index (κ3) is 2.51. The summed E-state index contributed by atoms with van der Waals surface area (Å²) in [5.41, 5.74) is 1.35. The van der Waals surface area contributed by atoms with Crippen molar-refractivity contribution in [1.82, 2.24) is 0 Å². The number of halogens is 2. The lowest BCUT2D eigenvalue weighted by molar-refractivity contribution is -0.00578. The molecule has 0 spiro atoms. The zero-order chi connectivity index (χ0) is 10.7. The first-order chi connectivity index (χ1) is 6.52. The van der Waals surface area contributed by atoms with Crippen LogP contribution >= 0.6 is 0 Å². The van der Waals surface area contributed by atoms with Gasteiger partial charge in [-0.15, -0.1) is 0 Å². The molecule has 78 valence electrons. The van der Waals surface area contributed by atoms with Crippen molar-refractivity contribution in [3.63, 3.8) is 0 Å². The third-order valence-electron chi connectivity index (χ3n) is 2.18. The molecule has 0 bridgehead atoms. The van der Waals surface area contributed by atoms with Crippen molar-refractivity contribution in [1.29, 1.82) is 0 Å². The van der Waals surface area contributed by atoms with Crippen LogP contribution < -0.4 is 0 Å². The van der Waals surface area contributed by atoms with Crippen LogP contribution in [0.1, 0.15) is 37.0 Å². The van der Waals surface area contributed by atoms with Gasteiger partial charge >= 0.3 is 0 Å². The molecular weight excluding hydrogens is 186 g/mol. The van der Waals surface area contributed by atoms with Crippen molar-refractivity contribution in [2.45, 2.75) is 32.3 Å². The van der Waals surface area contributed by atoms with Gasteiger partial charge in [-0.05, 0) is 17.0 Å². The lowest BCUT2D eigenvalue weighted by Gasteiger charge is -2.11. The van der Waals surface area contributed by atoms with Crippen molar-refractivity contribution >= 4 is 0 Å². The largest absolute Gasteiger partial charge is 0.382 e. The van der Waals surface area contributed by atoms with Crippen molar-refractivity contribution in [2.75, 3.05) is 0 Å². The smallest absolute Gasteiger partial charge is 0.268 e. The topological polar surface area (TPSA) is 20.2 Å². The second-order valence-electron chi connectivity index (χ2n) is 3.60. The molecule has 0 aromatic heterocycles. The van der Waals surface area contributed by atoms with E-state index in [9.17, 15) is 8.78 Å². The first-order valence-corrected chi connectivity index (χ1v) is 4.58. The molecule has 0 radical (unpaired) electrons. The third-order valence-corrected chi connectivity index (χ3v) is 2.18. The number of aliphatic hydroxyl groups excluding tert-OH is 1. The summed E-state index contributed by atoms with van der Waals surface area (Å²) in [6.07, 6.45) is -4.39. The van der Waals surface area contributed by atoms with Crippen molar-refractivity contribution < 1.29 is 13.9 Å². The highest BCUT2D eigenvalue weighted by molar-refractivity contribution is 5.26. The number of alkyl halides is 2. The molecule has 1 aromatic rings. The first-order valence-electron chi connectivity index (χ1n) is 4.58. The Bertz CT molecular complexity index is 280. The van der Waals surface area contributed by atoms with Gasteiger partial charge in [-0.3, -0.25) is 0 Å². The van der Waals surface area contributed by atoms with Crippen LogP contribution in [-0.4, -0.2) is 11.5 Å². The fourth-order valence-corrected chi connectivity index (χ4v) is 1.22. The molecule has 0 saturated heterocycles. The van der Waals surface area contributed by atoms with E-state index in [-0.39, 0.29) is 5.56 Å². The summed E-state index contributed by atoms with van der Waals surface area (Å²) in [4.78, 5) is 0. The average molecular weight is 200 g/mol. The summed E-state index contributed by atoms with van der Waals surface area (Å²) in [5.74, 6) is 0.368. The standard InChI is InChI=1S/C11H14F2O/c1-7(2)8-3-5-9(6-4-8)10(14)11(12)13/h3-7,10-11,14H,1-2H3/t10-/m1/s1. The number of rotatable bonds is 3. The van der Waals surface area contributed by atoms with Gasteiger partial charge in [0.25, 0.3) is 6.43 Å². The Balaban J connectivity index is 2.83. The predicted octanol–water partition coefficient (Wildman–Crippen LogP) is 3.11. The summed E-state index contributed by atoms with van der Waals surface area (Å²) in [6, 6.07) is 6.63. The zero-order valence-electron chi connectivity index (χ0n) is 8.24. The fraction of sp³-hybridized carbons (Fsp3) is 0.455.